The molecule has 2 aliphatic rings. The monoisotopic (exact) mass is 227 g/mol. The third-order valence-electron chi connectivity index (χ3n) is 3.67. The van der Waals surface area contributed by atoms with Crippen molar-refractivity contribution >= 4 is 0 Å². The van der Waals surface area contributed by atoms with Gasteiger partial charge in [0.2, 0.25) is 0 Å². The van der Waals surface area contributed by atoms with Crippen LogP contribution in [0.2, 0.25) is 0 Å². The average Bonchev–Trinajstić information content (AvgIpc) is 2.95. The molecule has 0 radical (unpaired) electrons. The van der Waals surface area contributed by atoms with Gasteiger partial charge in [0, 0.05) is 25.2 Å². The first-order valence-corrected chi connectivity index (χ1v) is 6.79. The van der Waals surface area contributed by atoms with E-state index >= 15 is 0 Å². The molecule has 16 heavy (non-hydrogen) atoms. The van der Waals surface area contributed by atoms with Gasteiger partial charge in [-0.3, -0.25) is 0 Å². The van der Waals surface area contributed by atoms with Gasteiger partial charge in [-0.25, -0.2) is 0 Å². The molecule has 0 bridgehead atoms. The van der Waals surface area contributed by atoms with Crippen molar-refractivity contribution in [3.8, 4) is 0 Å². The van der Waals surface area contributed by atoms with Crippen LogP contribution in [0.3, 0.4) is 0 Å². The molecule has 1 saturated carbocycles. The molecule has 3 heteroatoms. The zero-order chi connectivity index (χ0) is 11.2. The zero-order valence-electron chi connectivity index (χ0n) is 10.4. The molecule has 3 nitrogen and oxygen atoms in total. The topological polar surface area (TPSA) is 30.5 Å². The summed E-state index contributed by atoms with van der Waals surface area (Å²) in [4.78, 5) is 0. The summed E-state index contributed by atoms with van der Waals surface area (Å²) >= 11 is 0. The molecular weight excluding hydrogens is 202 g/mol. The summed E-state index contributed by atoms with van der Waals surface area (Å²) in [6.07, 6.45) is 5.30. The van der Waals surface area contributed by atoms with Crippen molar-refractivity contribution in [1.29, 1.82) is 0 Å². The van der Waals surface area contributed by atoms with Crippen molar-refractivity contribution in [2.75, 3.05) is 33.0 Å². The van der Waals surface area contributed by atoms with Gasteiger partial charge in [-0.15, -0.1) is 0 Å². The van der Waals surface area contributed by atoms with Crippen LogP contribution in [0.25, 0.3) is 0 Å². The van der Waals surface area contributed by atoms with E-state index in [4.69, 9.17) is 9.47 Å². The van der Waals surface area contributed by atoms with E-state index in [2.05, 4.69) is 12.2 Å². The maximum Gasteiger partial charge on any atom is 0.0623 e. The second-order valence-electron chi connectivity index (χ2n) is 5.09. The van der Waals surface area contributed by atoms with E-state index < -0.39 is 0 Å². The zero-order valence-corrected chi connectivity index (χ0v) is 10.4. The molecular formula is C13H25NO2. The lowest BCUT2D eigenvalue weighted by Gasteiger charge is -2.23. The minimum atomic E-state index is 0.492. The molecule has 0 amide bonds. The lowest BCUT2D eigenvalue weighted by atomic mass is 10.00. The third kappa shape index (κ3) is 4.04. The first kappa shape index (κ1) is 12.3. The number of hydrogen-bond acceptors (Lipinski definition) is 3. The summed E-state index contributed by atoms with van der Waals surface area (Å²) < 4.78 is 11.2. The fourth-order valence-electron chi connectivity index (χ4n) is 2.36. The lowest BCUT2D eigenvalue weighted by Crippen LogP contribution is -2.40. The molecule has 1 heterocycles. The third-order valence-corrected chi connectivity index (χ3v) is 3.67. The predicted octanol–water partition coefficient (Wildman–Crippen LogP) is 1.82. The Balaban J connectivity index is 1.60. The van der Waals surface area contributed by atoms with Crippen LogP contribution >= 0.6 is 0 Å². The van der Waals surface area contributed by atoms with Crippen LogP contribution in [0, 0.1) is 11.8 Å². The van der Waals surface area contributed by atoms with Gasteiger partial charge in [0.25, 0.3) is 0 Å². The van der Waals surface area contributed by atoms with Gasteiger partial charge in [-0.1, -0.05) is 19.8 Å². The molecule has 2 unspecified atom stereocenters. The Morgan fingerprint density at radius 1 is 1.38 bits per heavy atom. The van der Waals surface area contributed by atoms with Crippen LogP contribution in [0.15, 0.2) is 0 Å². The van der Waals surface area contributed by atoms with Crippen LogP contribution in [-0.2, 0) is 9.47 Å². The van der Waals surface area contributed by atoms with Crippen LogP contribution in [0.1, 0.15) is 32.6 Å². The second kappa shape index (κ2) is 6.58. The van der Waals surface area contributed by atoms with Crippen molar-refractivity contribution < 1.29 is 9.47 Å². The summed E-state index contributed by atoms with van der Waals surface area (Å²) in [5, 5.41) is 3.52. The van der Waals surface area contributed by atoms with Gasteiger partial charge >= 0.3 is 0 Å². The lowest BCUT2D eigenvalue weighted by molar-refractivity contribution is 0.0840. The maximum absolute atomic E-state index is 5.79. The standard InChI is InChI=1S/C13H25NO2/c1-2-14-13(12-6-8-15-9-12)10-16-7-5-11-3-4-11/h11-14H,2-10H2,1H3. The van der Waals surface area contributed by atoms with Gasteiger partial charge in [-0.2, -0.15) is 0 Å². The SMILES string of the molecule is CCNC(COCCC1CC1)C1CCOC1. The highest BCUT2D eigenvalue weighted by atomic mass is 16.5. The van der Waals surface area contributed by atoms with Crippen LogP contribution in [0.5, 0.6) is 0 Å². The molecule has 1 aliphatic heterocycles. The molecule has 0 aromatic heterocycles. The Morgan fingerprint density at radius 3 is 2.88 bits per heavy atom. The molecule has 2 fully saturated rings. The van der Waals surface area contributed by atoms with Crippen molar-refractivity contribution in [3.05, 3.63) is 0 Å². The average molecular weight is 227 g/mol. The van der Waals surface area contributed by atoms with Crippen LogP contribution < -0.4 is 5.32 Å². The molecule has 2 rings (SSSR count). The number of nitrogens with one attached hydrogen (secondary N) is 1. The summed E-state index contributed by atoms with van der Waals surface area (Å²) in [5.74, 6) is 1.63. The molecule has 0 aromatic carbocycles. The Morgan fingerprint density at radius 2 is 2.25 bits per heavy atom. The van der Waals surface area contributed by atoms with E-state index in [1.165, 1.54) is 25.7 Å². The van der Waals surface area contributed by atoms with Crippen molar-refractivity contribution in [2.24, 2.45) is 11.8 Å². The summed E-state index contributed by atoms with van der Waals surface area (Å²) in [6, 6.07) is 0.492. The maximum atomic E-state index is 5.79. The molecule has 0 spiro atoms. The quantitative estimate of drug-likeness (QED) is 0.642. The Bertz CT molecular complexity index is 188. The van der Waals surface area contributed by atoms with Gasteiger partial charge in [-0.05, 0) is 25.3 Å². The van der Waals surface area contributed by atoms with E-state index in [0.29, 0.717) is 12.0 Å². The van der Waals surface area contributed by atoms with E-state index in [1.807, 2.05) is 0 Å². The highest BCUT2D eigenvalue weighted by Gasteiger charge is 2.25. The molecule has 1 N–H and O–H groups in total. The Hall–Kier alpha value is -0.120. The summed E-state index contributed by atoms with van der Waals surface area (Å²) in [5.41, 5.74) is 0. The van der Waals surface area contributed by atoms with E-state index in [-0.39, 0.29) is 0 Å². The van der Waals surface area contributed by atoms with Gasteiger partial charge in [0.15, 0.2) is 0 Å². The number of hydrogen-bond donors (Lipinski definition) is 1. The molecule has 2 atom stereocenters. The van der Waals surface area contributed by atoms with Gasteiger partial charge in [0.05, 0.1) is 13.2 Å². The minimum absolute atomic E-state index is 0.492. The second-order valence-corrected chi connectivity index (χ2v) is 5.09. The van der Waals surface area contributed by atoms with Crippen molar-refractivity contribution in [2.45, 2.75) is 38.6 Å². The van der Waals surface area contributed by atoms with Gasteiger partial charge in [0.1, 0.15) is 0 Å². The van der Waals surface area contributed by atoms with Crippen LogP contribution in [0.4, 0.5) is 0 Å². The highest BCUT2D eigenvalue weighted by molar-refractivity contribution is 4.79. The fourth-order valence-corrected chi connectivity index (χ4v) is 2.36. The molecule has 1 saturated heterocycles. The largest absolute Gasteiger partial charge is 0.381 e. The highest BCUT2D eigenvalue weighted by Crippen LogP contribution is 2.32. The predicted molar refractivity (Wildman–Crippen MR) is 64.6 cm³/mol. The number of rotatable bonds is 8. The fraction of sp³-hybridized carbons (Fsp3) is 1.00. The Kier molecular flexibility index (Phi) is 5.07. The summed E-state index contributed by atoms with van der Waals surface area (Å²) in [6.45, 7) is 6.81. The first-order valence-electron chi connectivity index (χ1n) is 6.79. The van der Waals surface area contributed by atoms with Crippen molar-refractivity contribution in [3.63, 3.8) is 0 Å². The Labute approximate surface area is 98.9 Å². The number of likely N-dealkylation sites (N-methyl/N-ethyl adjacent to an activating group) is 1. The van der Waals surface area contributed by atoms with E-state index in [0.717, 1.165) is 38.9 Å². The minimum Gasteiger partial charge on any atom is -0.381 e. The van der Waals surface area contributed by atoms with E-state index in [9.17, 15) is 0 Å². The molecule has 0 aromatic rings. The molecule has 94 valence electrons. The van der Waals surface area contributed by atoms with Crippen molar-refractivity contribution in [1.82, 2.24) is 5.32 Å². The normalized spacial score (nSPS) is 27.2. The first-order chi connectivity index (χ1) is 7.90. The van der Waals surface area contributed by atoms with E-state index in [1.54, 1.807) is 0 Å². The smallest absolute Gasteiger partial charge is 0.0623 e. The number of ether oxygens (including phenoxy) is 2. The van der Waals surface area contributed by atoms with Crippen LogP contribution in [-0.4, -0.2) is 39.0 Å². The summed E-state index contributed by atoms with van der Waals surface area (Å²) in [7, 11) is 0. The molecule has 1 aliphatic carbocycles. The van der Waals surface area contributed by atoms with Gasteiger partial charge < -0.3 is 14.8 Å².